The number of imidazole rings is 1. The summed E-state index contributed by atoms with van der Waals surface area (Å²) in [4.78, 5) is 20.9. The first-order chi connectivity index (χ1) is 22.7. The molecular formula is C37H30F3N3O4. The van der Waals surface area contributed by atoms with Crippen molar-refractivity contribution in [3.05, 3.63) is 148 Å². The van der Waals surface area contributed by atoms with Crippen molar-refractivity contribution in [2.75, 3.05) is 13.7 Å². The van der Waals surface area contributed by atoms with Crippen molar-refractivity contribution in [1.82, 2.24) is 14.5 Å². The second-order valence-corrected chi connectivity index (χ2v) is 11.1. The molecule has 238 valence electrons. The highest BCUT2D eigenvalue weighted by Crippen LogP contribution is 2.31. The van der Waals surface area contributed by atoms with Crippen LogP contribution in [0.4, 0.5) is 13.2 Å². The Morgan fingerprint density at radius 1 is 0.851 bits per heavy atom. The fourth-order valence-corrected chi connectivity index (χ4v) is 5.56. The Bertz CT molecular complexity index is 2080. The van der Waals surface area contributed by atoms with Crippen molar-refractivity contribution < 1.29 is 32.5 Å². The van der Waals surface area contributed by atoms with Gasteiger partial charge in [-0.2, -0.15) is 0 Å². The molecule has 10 heteroatoms. The number of halogens is 3. The second kappa shape index (κ2) is 13.5. The lowest BCUT2D eigenvalue weighted by Crippen LogP contribution is -2.19. The number of carboxylic acids is 1. The maximum absolute atomic E-state index is 15.8. The minimum absolute atomic E-state index is 0.0488. The van der Waals surface area contributed by atoms with Gasteiger partial charge in [-0.15, -0.1) is 0 Å². The fourth-order valence-electron chi connectivity index (χ4n) is 5.56. The van der Waals surface area contributed by atoms with Crippen LogP contribution in [0.1, 0.15) is 44.5 Å². The average molecular weight is 638 g/mol. The molecule has 1 N–H and O–H groups in total. The first-order valence-electron chi connectivity index (χ1n) is 14.8. The van der Waals surface area contributed by atoms with Gasteiger partial charge in [0.1, 0.15) is 29.9 Å². The smallest absolute Gasteiger partial charge is 0.335 e. The van der Waals surface area contributed by atoms with Crippen molar-refractivity contribution in [3.8, 4) is 17.1 Å². The van der Waals surface area contributed by atoms with Gasteiger partial charge in [-0.05, 0) is 66.1 Å². The monoisotopic (exact) mass is 637 g/mol. The van der Waals surface area contributed by atoms with Gasteiger partial charge in [0, 0.05) is 30.7 Å². The molecule has 1 unspecified atom stereocenters. The third-order valence-electron chi connectivity index (χ3n) is 7.90. The molecule has 6 aromatic rings. The van der Waals surface area contributed by atoms with Crippen LogP contribution in [0.2, 0.25) is 0 Å². The number of benzene rings is 4. The van der Waals surface area contributed by atoms with Gasteiger partial charge in [-0.3, -0.25) is 0 Å². The topological polar surface area (TPSA) is 86.5 Å². The first kappa shape index (κ1) is 31.5. The molecule has 1 atom stereocenters. The van der Waals surface area contributed by atoms with Crippen LogP contribution in [0.3, 0.4) is 0 Å². The molecule has 0 radical (unpaired) electrons. The van der Waals surface area contributed by atoms with Crippen molar-refractivity contribution >= 4 is 17.0 Å². The van der Waals surface area contributed by atoms with Crippen molar-refractivity contribution in [2.45, 2.75) is 26.0 Å². The summed E-state index contributed by atoms with van der Waals surface area (Å²) in [5.41, 5.74) is 3.22. The van der Waals surface area contributed by atoms with Crippen LogP contribution in [-0.2, 0) is 17.8 Å². The number of carboxylic acid groups (broad SMARTS) is 1. The third-order valence-corrected chi connectivity index (χ3v) is 7.90. The van der Waals surface area contributed by atoms with E-state index < -0.39 is 29.5 Å². The van der Waals surface area contributed by atoms with E-state index in [9.17, 15) is 14.3 Å². The molecule has 0 saturated carbocycles. The zero-order valence-electron chi connectivity index (χ0n) is 25.6. The number of hydrogen-bond donors (Lipinski definition) is 1. The SMILES string of the molecule is COCC(c1ccccc1)n1c(Cc2cc(F)c(-c3cccc(OCc4ccc(C)cc4F)n3)cc2F)nc2ccc(C(=O)O)cc21. The van der Waals surface area contributed by atoms with Gasteiger partial charge in [-0.1, -0.05) is 48.5 Å². The summed E-state index contributed by atoms with van der Waals surface area (Å²) in [5, 5.41) is 9.67. The van der Waals surface area contributed by atoms with Gasteiger partial charge in [-0.25, -0.2) is 27.9 Å². The predicted octanol–water partition coefficient (Wildman–Crippen LogP) is 7.93. The van der Waals surface area contributed by atoms with Gasteiger partial charge in [0.15, 0.2) is 0 Å². The number of aromatic nitrogens is 3. The van der Waals surface area contributed by atoms with E-state index in [1.807, 2.05) is 34.9 Å². The number of pyridine rings is 1. The lowest BCUT2D eigenvalue weighted by atomic mass is 10.0. The van der Waals surface area contributed by atoms with Crippen molar-refractivity contribution in [3.63, 3.8) is 0 Å². The van der Waals surface area contributed by atoms with Crippen LogP contribution in [0.25, 0.3) is 22.3 Å². The maximum atomic E-state index is 15.8. The highest BCUT2D eigenvalue weighted by atomic mass is 19.1. The summed E-state index contributed by atoms with van der Waals surface area (Å²) >= 11 is 0. The minimum Gasteiger partial charge on any atom is -0.478 e. The zero-order valence-corrected chi connectivity index (χ0v) is 25.6. The molecule has 2 heterocycles. The summed E-state index contributed by atoms with van der Waals surface area (Å²) in [7, 11) is 1.56. The Hall–Kier alpha value is -5.48. The Morgan fingerprint density at radius 2 is 1.64 bits per heavy atom. The molecule has 2 aromatic heterocycles. The van der Waals surface area contributed by atoms with E-state index in [1.165, 1.54) is 24.3 Å². The highest BCUT2D eigenvalue weighted by Gasteiger charge is 2.24. The first-order valence-corrected chi connectivity index (χ1v) is 14.8. The van der Waals surface area contributed by atoms with E-state index in [0.717, 1.165) is 23.3 Å². The molecular weight excluding hydrogens is 607 g/mol. The van der Waals surface area contributed by atoms with Crippen LogP contribution in [0.15, 0.2) is 97.1 Å². The maximum Gasteiger partial charge on any atom is 0.335 e. The van der Waals surface area contributed by atoms with E-state index in [2.05, 4.69) is 4.98 Å². The number of aryl methyl sites for hydroxylation is 1. The van der Waals surface area contributed by atoms with Crippen LogP contribution < -0.4 is 4.74 Å². The molecule has 0 saturated heterocycles. The number of methoxy groups -OCH3 is 1. The molecule has 0 bridgehead atoms. The number of rotatable bonds is 11. The number of nitrogens with zero attached hydrogens (tertiary/aromatic N) is 3. The molecule has 0 aliphatic heterocycles. The summed E-state index contributed by atoms with van der Waals surface area (Å²) in [6.07, 6.45) is -0.0914. The van der Waals surface area contributed by atoms with E-state index in [1.54, 1.807) is 44.4 Å². The second-order valence-electron chi connectivity index (χ2n) is 11.1. The van der Waals surface area contributed by atoms with Crippen LogP contribution in [-0.4, -0.2) is 39.3 Å². The largest absolute Gasteiger partial charge is 0.478 e. The van der Waals surface area contributed by atoms with Gasteiger partial charge < -0.3 is 19.1 Å². The molecule has 0 amide bonds. The van der Waals surface area contributed by atoms with Crippen molar-refractivity contribution in [2.24, 2.45) is 0 Å². The molecule has 6 rings (SSSR count). The molecule has 0 spiro atoms. The normalized spacial score (nSPS) is 11.9. The fraction of sp³-hybridized carbons (Fsp3) is 0.162. The standard InChI is InChI=1S/C37H30F3N3O4/c1-22-11-12-25(28(38)15-22)20-47-36-10-6-9-31(42-36)27-19-29(39)26(16-30(27)40)18-35-41-32-14-13-24(37(44)45)17-33(32)43(35)34(21-46-2)23-7-4-3-5-8-23/h3-17,19,34H,18,20-21H2,1-2H3,(H,44,45). The summed E-state index contributed by atoms with van der Waals surface area (Å²) in [6.45, 7) is 1.92. The molecule has 0 aliphatic rings. The van der Waals surface area contributed by atoms with Crippen LogP contribution in [0.5, 0.6) is 5.88 Å². The van der Waals surface area contributed by atoms with Gasteiger partial charge in [0.05, 0.1) is 34.9 Å². The Labute approximate surface area is 268 Å². The van der Waals surface area contributed by atoms with E-state index in [-0.39, 0.29) is 47.9 Å². The minimum atomic E-state index is -1.10. The third kappa shape index (κ3) is 6.73. The molecule has 0 aliphatic carbocycles. The predicted molar refractivity (Wildman–Crippen MR) is 171 cm³/mol. The van der Waals surface area contributed by atoms with Crippen molar-refractivity contribution in [1.29, 1.82) is 0 Å². The summed E-state index contributed by atoms with van der Waals surface area (Å²) in [5.74, 6) is -2.36. The van der Waals surface area contributed by atoms with E-state index >= 15 is 8.78 Å². The quantitative estimate of drug-likeness (QED) is 0.155. The highest BCUT2D eigenvalue weighted by molar-refractivity contribution is 5.92. The Kier molecular flexibility index (Phi) is 9.03. The lowest BCUT2D eigenvalue weighted by molar-refractivity contribution is 0.0697. The number of carbonyl (C=O) groups is 1. The van der Waals surface area contributed by atoms with Gasteiger partial charge in [0.25, 0.3) is 0 Å². The van der Waals surface area contributed by atoms with Gasteiger partial charge in [0.2, 0.25) is 5.88 Å². The van der Waals surface area contributed by atoms with E-state index in [4.69, 9.17) is 14.5 Å². The number of ether oxygens (including phenoxy) is 2. The summed E-state index contributed by atoms with van der Waals surface area (Å²) < 4.78 is 58.7. The lowest BCUT2D eigenvalue weighted by Gasteiger charge is -2.22. The van der Waals surface area contributed by atoms with Crippen LogP contribution >= 0.6 is 0 Å². The number of fused-ring (bicyclic) bond motifs is 1. The number of aromatic carboxylic acids is 1. The molecule has 4 aromatic carbocycles. The zero-order chi connectivity index (χ0) is 33.1. The number of hydrogen-bond acceptors (Lipinski definition) is 5. The Balaban J connectivity index is 1.34. The molecule has 7 nitrogen and oxygen atoms in total. The van der Waals surface area contributed by atoms with Crippen LogP contribution in [0, 0.1) is 24.4 Å². The van der Waals surface area contributed by atoms with E-state index in [0.29, 0.717) is 22.4 Å². The Morgan fingerprint density at radius 3 is 2.38 bits per heavy atom. The molecule has 47 heavy (non-hydrogen) atoms. The van der Waals surface area contributed by atoms with Gasteiger partial charge >= 0.3 is 5.97 Å². The summed E-state index contributed by atoms with van der Waals surface area (Å²) in [6, 6.07) is 25.3. The average Bonchev–Trinajstić information content (AvgIpc) is 3.42. The molecule has 0 fully saturated rings.